The predicted molar refractivity (Wildman–Crippen MR) is 88.6 cm³/mol. The molecule has 0 radical (unpaired) electrons. The zero-order chi connectivity index (χ0) is 15.6. The molecule has 2 aromatic carbocycles. The summed E-state index contributed by atoms with van der Waals surface area (Å²) in [5.74, 6) is 0.869. The number of halogens is 3. The van der Waals surface area contributed by atoms with Gasteiger partial charge in [0.25, 0.3) is 5.69 Å². The first-order valence-corrected chi connectivity index (χ1v) is 8.01. The van der Waals surface area contributed by atoms with E-state index in [-0.39, 0.29) is 12.3 Å². The molecule has 0 fully saturated rings. The zero-order valence-corrected chi connectivity index (χ0v) is 15.1. The minimum atomic E-state index is -0.488. The highest BCUT2D eigenvalue weighted by atomic mass is 79.9. The monoisotopic (exact) mass is 479 g/mol. The Morgan fingerprint density at radius 3 is 2.29 bits per heavy atom. The van der Waals surface area contributed by atoms with E-state index in [2.05, 4.69) is 47.8 Å². The van der Waals surface area contributed by atoms with Crippen LogP contribution in [0, 0.1) is 10.1 Å². The van der Waals surface area contributed by atoms with Gasteiger partial charge in [0, 0.05) is 22.2 Å². The first kappa shape index (κ1) is 16.4. The van der Waals surface area contributed by atoms with Crippen molar-refractivity contribution in [2.24, 2.45) is 0 Å². The summed E-state index contributed by atoms with van der Waals surface area (Å²) in [6, 6.07) is 7.94. The Balaban J connectivity index is 2.43. The Bertz CT molecular complexity index is 683. The molecular weight excluding hydrogens is 474 g/mol. The second-order valence-corrected chi connectivity index (χ2v) is 6.63. The summed E-state index contributed by atoms with van der Waals surface area (Å²) in [7, 11) is 0. The van der Waals surface area contributed by atoms with Gasteiger partial charge in [-0.25, -0.2) is 0 Å². The molecule has 1 N–H and O–H groups in total. The topological polar surface area (TPSA) is 72.6 Å². The summed E-state index contributed by atoms with van der Waals surface area (Å²) in [5.41, 5.74) is 0.542. The van der Waals surface area contributed by atoms with Crippen LogP contribution >= 0.6 is 47.8 Å². The molecule has 0 aliphatic carbocycles. The average Bonchev–Trinajstić information content (AvgIpc) is 2.43. The molecule has 8 heteroatoms. The largest absolute Gasteiger partial charge is 0.455 e. The second kappa shape index (κ2) is 6.87. The van der Waals surface area contributed by atoms with Gasteiger partial charge in [-0.2, -0.15) is 0 Å². The molecule has 0 aliphatic rings. The van der Waals surface area contributed by atoms with Crippen molar-refractivity contribution in [2.45, 2.75) is 6.61 Å². The molecule has 0 spiro atoms. The van der Waals surface area contributed by atoms with Crippen LogP contribution in [0.25, 0.3) is 0 Å². The summed E-state index contributed by atoms with van der Waals surface area (Å²) in [4.78, 5) is 10.3. The lowest BCUT2D eigenvalue weighted by Gasteiger charge is -2.13. The van der Waals surface area contributed by atoms with Gasteiger partial charge in [0.05, 0.1) is 20.5 Å². The van der Waals surface area contributed by atoms with Crippen molar-refractivity contribution in [3.05, 3.63) is 59.4 Å². The Morgan fingerprint density at radius 1 is 1.14 bits per heavy atom. The fourth-order valence-corrected chi connectivity index (χ4v) is 3.36. The molecule has 0 unspecified atom stereocenters. The van der Waals surface area contributed by atoms with E-state index in [1.54, 1.807) is 18.2 Å². The molecule has 2 rings (SSSR count). The van der Waals surface area contributed by atoms with E-state index in [1.165, 1.54) is 12.1 Å². The van der Waals surface area contributed by atoms with Crippen LogP contribution in [-0.4, -0.2) is 10.0 Å². The molecule has 0 aromatic heterocycles. The van der Waals surface area contributed by atoms with Crippen molar-refractivity contribution < 1.29 is 14.8 Å². The number of hydrogen-bond acceptors (Lipinski definition) is 4. The van der Waals surface area contributed by atoms with Crippen LogP contribution in [0.15, 0.2) is 43.7 Å². The highest BCUT2D eigenvalue weighted by Crippen LogP contribution is 2.40. The van der Waals surface area contributed by atoms with E-state index < -0.39 is 4.92 Å². The van der Waals surface area contributed by atoms with Crippen LogP contribution in [0.4, 0.5) is 5.69 Å². The van der Waals surface area contributed by atoms with Crippen LogP contribution < -0.4 is 4.74 Å². The molecular formula is C13H8Br3NO4. The van der Waals surface area contributed by atoms with Gasteiger partial charge in [0.1, 0.15) is 5.75 Å². The van der Waals surface area contributed by atoms with Gasteiger partial charge in [-0.05, 0) is 50.1 Å². The lowest BCUT2D eigenvalue weighted by molar-refractivity contribution is -0.385. The van der Waals surface area contributed by atoms with Gasteiger partial charge in [0.2, 0.25) is 0 Å². The molecule has 110 valence electrons. The third-order valence-electron chi connectivity index (χ3n) is 2.60. The average molecular weight is 482 g/mol. The molecule has 21 heavy (non-hydrogen) atoms. The van der Waals surface area contributed by atoms with Gasteiger partial charge >= 0.3 is 0 Å². The minimum absolute atomic E-state index is 0.0562. The summed E-state index contributed by atoms with van der Waals surface area (Å²) in [6.45, 7) is -0.184. The molecule has 2 aromatic rings. The van der Waals surface area contributed by atoms with Crippen LogP contribution in [0.5, 0.6) is 11.5 Å². The van der Waals surface area contributed by atoms with Gasteiger partial charge in [0.15, 0.2) is 5.75 Å². The van der Waals surface area contributed by atoms with E-state index in [1.807, 2.05) is 0 Å². The zero-order valence-electron chi connectivity index (χ0n) is 10.3. The number of nitro groups is 1. The van der Waals surface area contributed by atoms with Crippen LogP contribution in [-0.2, 0) is 6.61 Å². The van der Waals surface area contributed by atoms with Crippen molar-refractivity contribution >= 4 is 53.5 Å². The number of ether oxygens (including phenoxy) is 1. The molecule has 0 bridgehead atoms. The van der Waals surface area contributed by atoms with Gasteiger partial charge in [-0.1, -0.05) is 15.9 Å². The van der Waals surface area contributed by atoms with Crippen molar-refractivity contribution in [2.75, 3.05) is 0 Å². The number of aliphatic hydroxyl groups excluding tert-OH is 1. The standard InChI is InChI=1S/C13H8Br3NO4/c14-8-1-2-12(7(3-8)6-18)21-13-10(15)4-9(17(19)20)5-11(13)16/h1-5,18H,6H2. The lowest BCUT2D eigenvalue weighted by Crippen LogP contribution is -1.95. The summed E-state index contributed by atoms with van der Waals surface area (Å²) in [5, 5.41) is 20.2. The number of benzene rings is 2. The Kier molecular flexibility index (Phi) is 5.37. The first-order valence-electron chi connectivity index (χ1n) is 5.63. The van der Waals surface area contributed by atoms with Gasteiger partial charge in [-0.3, -0.25) is 10.1 Å². The molecule has 0 heterocycles. The summed E-state index contributed by atoms with van der Waals surface area (Å²) in [6.07, 6.45) is 0. The fourth-order valence-electron chi connectivity index (χ4n) is 1.63. The van der Waals surface area contributed by atoms with E-state index in [9.17, 15) is 15.2 Å². The second-order valence-electron chi connectivity index (χ2n) is 4.01. The third-order valence-corrected chi connectivity index (χ3v) is 4.27. The number of aliphatic hydroxyl groups is 1. The maximum Gasteiger partial charge on any atom is 0.271 e. The van der Waals surface area contributed by atoms with Crippen LogP contribution in [0.2, 0.25) is 0 Å². The molecule has 0 saturated heterocycles. The lowest BCUT2D eigenvalue weighted by atomic mass is 10.2. The summed E-state index contributed by atoms with van der Waals surface area (Å²) >= 11 is 9.82. The summed E-state index contributed by atoms with van der Waals surface area (Å²) < 4.78 is 7.45. The third kappa shape index (κ3) is 3.82. The van der Waals surface area contributed by atoms with Crippen molar-refractivity contribution in [3.8, 4) is 11.5 Å². The van der Waals surface area contributed by atoms with Crippen molar-refractivity contribution in [1.29, 1.82) is 0 Å². The van der Waals surface area contributed by atoms with Gasteiger partial charge in [-0.15, -0.1) is 0 Å². The maximum atomic E-state index is 10.8. The van der Waals surface area contributed by atoms with E-state index >= 15 is 0 Å². The first-order chi connectivity index (χ1) is 9.92. The normalized spacial score (nSPS) is 10.5. The van der Waals surface area contributed by atoms with Crippen molar-refractivity contribution in [1.82, 2.24) is 0 Å². The minimum Gasteiger partial charge on any atom is -0.455 e. The van der Waals surface area contributed by atoms with E-state index in [0.29, 0.717) is 26.0 Å². The number of hydrogen-bond donors (Lipinski definition) is 1. The number of nitro benzene ring substituents is 1. The predicted octanol–water partition coefficient (Wildman–Crippen LogP) is 5.17. The highest BCUT2D eigenvalue weighted by molar-refractivity contribution is 9.11. The highest BCUT2D eigenvalue weighted by Gasteiger charge is 2.17. The Labute approximate surface area is 145 Å². The van der Waals surface area contributed by atoms with Crippen LogP contribution in [0.1, 0.15) is 5.56 Å². The number of nitrogens with zero attached hydrogens (tertiary/aromatic N) is 1. The smallest absolute Gasteiger partial charge is 0.271 e. The van der Waals surface area contributed by atoms with Crippen LogP contribution in [0.3, 0.4) is 0 Å². The molecule has 0 saturated carbocycles. The molecule has 5 nitrogen and oxygen atoms in total. The van der Waals surface area contributed by atoms with Gasteiger partial charge < -0.3 is 9.84 Å². The SMILES string of the molecule is O=[N+]([O-])c1cc(Br)c(Oc2ccc(Br)cc2CO)c(Br)c1. The quantitative estimate of drug-likeness (QED) is 0.483. The fraction of sp³-hybridized carbons (Fsp3) is 0.0769. The van der Waals surface area contributed by atoms with E-state index in [0.717, 1.165) is 4.47 Å². The number of non-ortho nitro benzene ring substituents is 1. The van der Waals surface area contributed by atoms with Crippen molar-refractivity contribution in [3.63, 3.8) is 0 Å². The Hall–Kier alpha value is -0.960. The Morgan fingerprint density at radius 2 is 1.76 bits per heavy atom. The van der Waals surface area contributed by atoms with E-state index in [4.69, 9.17) is 4.74 Å². The molecule has 0 amide bonds. The molecule has 0 atom stereocenters. The number of rotatable bonds is 4. The molecule has 0 aliphatic heterocycles. The maximum absolute atomic E-state index is 10.8.